The topological polar surface area (TPSA) is 49.4 Å². The molecule has 0 saturated carbocycles. The van der Waals surface area contributed by atoms with E-state index in [1.165, 1.54) is 30.3 Å². The number of aryl methyl sites for hydroxylation is 1. The lowest BCUT2D eigenvalue weighted by molar-refractivity contribution is -0.138. The van der Waals surface area contributed by atoms with Gasteiger partial charge in [-0.05, 0) is 36.8 Å². The van der Waals surface area contributed by atoms with Gasteiger partial charge in [0.2, 0.25) is 0 Å². The number of hydrogen-bond acceptors (Lipinski definition) is 3. The summed E-state index contributed by atoms with van der Waals surface area (Å²) < 4.78 is 53.6. The van der Waals surface area contributed by atoms with Gasteiger partial charge in [-0.15, -0.1) is 0 Å². The van der Waals surface area contributed by atoms with Crippen molar-refractivity contribution in [2.45, 2.75) is 19.6 Å². The van der Waals surface area contributed by atoms with E-state index in [0.717, 1.165) is 22.6 Å². The van der Waals surface area contributed by atoms with Gasteiger partial charge in [0.1, 0.15) is 11.5 Å². The van der Waals surface area contributed by atoms with Crippen LogP contribution in [0, 0.1) is 12.7 Å². The summed E-state index contributed by atoms with van der Waals surface area (Å²) in [5.41, 5.74) is 0.426. The standard InChI is InChI=1S/C25H18F4N2O2/c1-15-9-11-16(12-10-15)21-22(30-19-7-4-6-18(13-19)25(27,28)29)24(33)31(23(21)32)14-17-5-2-3-8-20(17)26/h2-13,30H,14H2,1H3. The average molecular weight is 454 g/mol. The van der Waals surface area contributed by atoms with Gasteiger partial charge in [0.25, 0.3) is 11.8 Å². The molecule has 0 spiro atoms. The number of anilines is 1. The molecular weight excluding hydrogens is 436 g/mol. The minimum absolute atomic E-state index is 0.00155. The fraction of sp³-hybridized carbons (Fsp3) is 0.120. The van der Waals surface area contributed by atoms with Gasteiger partial charge in [-0.3, -0.25) is 14.5 Å². The summed E-state index contributed by atoms with van der Waals surface area (Å²) in [5.74, 6) is -1.99. The third kappa shape index (κ3) is 4.50. The lowest BCUT2D eigenvalue weighted by Gasteiger charge is -2.16. The number of hydrogen-bond donors (Lipinski definition) is 1. The van der Waals surface area contributed by atoms with Crippen LogP contribution in [0.4, 0.5) is 23.2 Å². The number of halogens is 4. The fourth-order valence-electron chi connectivity index (χ4n) is 3.54. The molecular formula is C25H18F4N2O2. The number of nitrogens with one attached hydrogen (secondary N) is 1. The van der Waals surface area contributed by atoms with Crippen LogP contribution in [0.1, 0.15) is 22.3 Å². The van der Waals surface area contributed by atoms with Crippen LogP contribution in [-0.2, 0) is 22.3 Å². The molecule has 0 bridgehead atoms. The van der Waals surface area contributed by atoms with Gasteiger partial charge in [0, 0.05) is 11.3 Å². The van der Waals surface area contributed by atoms with E-state index in [-0.39, 0.29) is 29.1 Å². The summed E-state index contributed by atoms with van der Waals surface area (Å²) in [6.07, 6.45) is -4.57. The minimum Gasteiger partial charge on any atom is -0.350 e. The summed E-state index contributed by atoms with van der Waals surface area (Å²) in [5, 5.41) is 2.70. The Labute approximate surface area is 187 Å². The van der Waals surface area contributed by atoms with E-state index in [1.54, 1.807) is 30.3 Å². The number of benzene rings is 3. The highest BCUT2D eigenvalue weighted by Crippen LogP contribution is 2.34. The van der Waals surface area contributed by atoms with Crippen molar-refractivity contribution < 1.29 is 27.2 Å². The molecule has 3 aromatic carbocycles. The Hall–Kier alpha value is -3.94. The molecule has 8 heteroatoms. The number of rotatable bonds is 5. The maximum atomic E-state index is 14.2. The SMILES string of the molecule is Cc1ccc(C2=C(Nc3cccc(C(F)(F)F)c3)C(=O)N(Cc3ccccc3F)C2=O)cc1. The normalized spacial score (nSPS) is 14.3. The highest BCUT2D eigenvalue weighted by molar-refractivity contribution is 6.36. The molecule has 1 N–H and O–H groups in total. The second-order valence-corrected chi connectivity index (χ2v) is 7.61. The van der Waals surface area contributed by atoms with E-state index in [1.807, 2.05) is 6.92 Å². The number of alkyl halides is 3. The lowest BCUT2D eigenvalue weighted by atomic mass is 10.0. The van der Waals surface area contributed by atoms with Crippen LogP contribution in [-0.4, -0.2) is 16.7 Å². The molecule has 1 heterocycles. The number of carbonyl (C=O) groups excluding carboxylic acids is 2. The van der Waals surface area contributed by atoms with Crippen LogP contribution in [0.2, 0.25) is 0 Å². The third-order valence-electron chi connectivity index (χ3n) is 5.25. The molecule has 2 amide bonds. The first-order chi connectivity index (χ1) is 15.6. The molecule has 0 unspecified atom stereocenters. The van der Waals surface area contributed by atoms with E-state index >= 15 is 0 Å². The summed E-state index contributed by atoms with van der Waals surface area (Å²) >= 11 is 0. The Balaban J connectivity index is 1.76. The maximum Gasteiger partial charge on any atom is 0.416 e. The Morgan fingerprint density at radius 1 is 0.879 bits per heavy atom. The van der Waals surface area contributed by atoms with Gasteiger partial charge in [-0.2, -0.15) is 13.2 Å². The molecule has 4 rings (SSSR count). The van der Waals surface area contributed by atoms with Crippen LogP contribution in [0.3, 0.4) is 0 Å². The van der Waals surface area contributed by atoms with Crippen molar-refractivity contribution in [2.24, 2.45) is 0 Å². The van der Waals surface area contributed by atoms with E-state index in [0.29, 0.717) is 5.56 Å². The van der Waals surface area contributed by atoms with Crippen LogP contribution >= 0.6 is 0 Å². The molecule has 0 radical (unpaired) electrons. The molecule has 3 aromatic rings. The van der Waals surface area contributed by atoms with Gasteiger partial charge in [0.05, 0.1) is 17.7 Å². The highest BCUT2D eigenvalue weighted by Gasteiger charge is 2.40. The molecule has 0 fully saturated rings. The van der Waals surface area contributed by atoms with Crippen molar-refractivity contribution in [3.05, 3.63) is 107 Å². The molecule has 0 aromatic heterocycles. The van der Waals surface area contributed by atoms with Crippen LogP contribution < -0.4 is 5.32 Å². The monoisotopic (exact) mass is 454 g/mol. The first kappa shape index (κ1) is 22.3. The molecule has 4 nitrogen and oxygen atoms in total. The molecule has 0 aliphatic carbocycles. The van der Waals surface area contributed by atoms with Gasteiger partial charge in [-0.25, -0.2) is 4.39 Å². The number of imide groups is 1. The highest BCUT2D eigenvalue weighted by atomic mass is 19.4. The van der Waals surface area contributed by atoms with E-state index < -0.39 is 29.4 Å². The van der Waals surface area contributed by atoms with Crippen LogP contribution in [0.15, 0.2) is 78.5 Å². The van der Waals surface area contributed by atoms with Gasteiger partial charge in [0.15, 0.2) is 0 Å². The van der Waals surface area contributed by atoms with Gasteiger partial charge in [-0.1, -0.05) is 54.1 Å². The smallest absolute Gasteiger partial charge is 0.350 e. The van der Waals surface area contributed by atoms with Gasteiger partial charge >= 0.3 is 6.18 Å². The quantitative estimate of drug-likeness (QED) is 0.407. The van der Waals surface area contributed by atoms with Crippen molar-refractivity contribution in [1.82, 2.24) is 4.90 Å². The fourth-order valence-corrected chi connectivity index (χ4v) is 3.54. The first-order valence-corrected chi connectivity index (χ1v) is 10.0. The summed E-state index contributed by atoms with van der Waals surface area (Å²) in [6, 6.07) is 16.9. The van der Waals surface area contributed by atoms with Crippen LogP contribution in [0.5, 0.6) is 0 Å². The molecule has 168 valence electrons. The van der Waals surface area contributed by atoms with E-state index in [2.05, 4.69) is 5.32 Å². The third-order valence-corrected chi connectivity index (χ3v) is 5.25. The zero-order valence-electron chi connectivity index (χ0n) is 17.4. The molecule has 0 saturated heterocycles. The Morgan fingerprint density at radius 3 is 2.24 bits per heavy atom. The maximum absolute atomic E-state index is 14.2. The Morgan fingerprint density at radius 2 is 1.58 bits per heavy atom. The number of carbonyl (C=O) groups is 2. The zero-order chi connectivity index (χ0) is 23.8. The molecule has 1 aliphatic heterocycles. The van der Waals surface area contributed by atoms with Crippen molar-refractivity contribution in [3.8, 4) is 0 Å². The molecule has 33 heavy (non-hydrogen) atoms. The van der Waals surface area contributed by atoms with Crippen molar-refractivity contribution in [3.63, 3.8) is 0 Å². The largest absolute Gasteiger partial charge is 0.416 e. The van der Waals surface area contributed by atoms with E-state index in [9.17, 15) is 27.2 Å². The van der Waals surface area contributed by atoms with Crippen LogP contribution in [0.25, 0.3) is 5.57 Å². The summed E-state index contributed by atoms with van der Waals surface area (Å²) in [6.45, 7) is 1.54. The van der Waals surface area contributed by atoms with E-state index in [4.69, 9.17) is 0 Å². The lowest BCUT2D eigenvalue weighted by Crippen LogP contribution is -2.32. The van der Waals surface area contributed by atoms with Gasteiger partial charge < -0.3 is 5.32 Å². The second-order valence-electron chi connectivity index (χ2n) is 7.61. The summed E-state index contributed by atoms with van der Waals surface area (Å²) in [4.78, 5) is 27.3. The average Bonchev–Trinajstić information content (AvgIpc) is 3.00. The molecule has 1 aliphatic rings. The first-order valence-electron chi connectivity index (χ1n) is 10.0. The molecule has 0 atom stereocenters. The summed E-state index contributed by atoms with van der Waals surface area (Å²) in [7, 11) is 0. The van der Waals surface area contributed by atoms with Crippen molar-refractivity contribution in [1.29, 1.82) is 0 Å². The predicted molar refractivity (Wildman–Crippen MR) is 115 cm³/mol. The predicted octanol–water partition coefficient (Wildman–Crippen LogP) is 5.55. The number of nitrogens with zero attached hydrogens (tertiary/aromatic N) is 1. The number of amides is 2. The van der Waals surface area contributed by atoms with Crippen molar-refractivity contribution in [2.75, 3.05) is 5.32 Å². The van der Waals surface area contributed by atoms with Crippen molar-refractivity contribution >= 4 is 23.1 Å². The Kier molecular flexibility index (Phi) is 5.76. The second kappa shape index (κ2) is 8.54. The Bertz CT molecular complexity index is 1260. The zero-order valence-corrected chi connectivity index (χ0v) is 17.4. The minimum atomic E-state index is -4.57.